The molecule has 1 aliphatic heterocycles. The van der Waals surface area contributed by atoms with Gasteiger partial charge in [0.05, 0.1) is 0 Å². The summed E-state index contributed by atoms with van der Waals surface area (Å²) in [6.45, 7) is 0. The van der Waals surface area contributed by atoms with Gasteiger partial charge in [0, 0.05) is 12.3 Å². The molecule has 0 N–H and O–H groups in total. The van der Waals surface area contributed by atoms with Gasteiger partial charge in [-0.05, 0) is 6.07 Å². The van der Waals surface area contributed by atoms with E-state index in [1.165, 1.54) is 0 Å². The molecule has 1 aromatic rings. The van der Waals surface area contributed by atoms with Crippen LogP contribution >= 0.6 is 11.8 Å². The fourth-order valence-corrected chi connectivity index (χ4v) is 3.08. The van der Waals surface area contributed by atoms with Crippen molar-refractivity contribution in [3.63, 3.8) is 0 Å². The van der Waals surface area contributed by atoms with Crippen molar-refractivity contribution in [3.05, 3.63) is 46.3 Å². The van der Waals surface area contributed by atoms with Crippen LogP contribution in [0.25, 0.3) is 0 Å². The van der Waals surface area contributed by atoms with Gasteiger partial charge in [-0.2, -0.15) is 43.9 Å². The molecule has 0 aliphatic carbocycles. The van der Waals surface area contributed by atoms with Crippen molar-refractivity contribution in [3.8, 4) is 0 Å². The minimum absolute atomic E-state index is 0.146. The Hall–Kier alpha value is -1.99. The van der Waals surface area contributed by atoms with E-state index in [-0.39, 0.29) is 4.57 Å². The predicted molar refractivity (Wildman–Crippen MR) is 70.2 cm³/mol. The number of halogens is 10. The molecule has 0 aromatic carbocycles. The standard InChI is InChI=1S/C12H4F10N2OS/c13-6(10(14,15)16)7-9(11(17,18)19,12(20,21)22)26-8(23-7)24-4-2-1-3-5(24)25/h1-4H/b7-6+. The van der Waals surface area contributed by atoms with E-state index in [2.05, 4.69) is 4.99 Å². The van der Waals surface area contributed by atoms with E-state index in [9.17, 15) is 48.7 Å². The Balaban J connectivity index is 2.87. The van der Waals surface area contributed by atoms with Crippen molar-refractivity contribution >= 4 is 16.9 Å². The minimum atomic E-state index is -6.41. The Kier molecular flexibility index (Phi) is 4.71. The normalized spacial score (nSPS) is 20.2. The summed E-state index contributed by atoms with van der Waals surface area (Å²) >= 11 is -1.24. The van der Waals surface area contributed by atoms with Crippen LogP contribution < -0.4 is 5.56 Å². The molecule has 1 aliphatic rings. The molecule has 144 valence electrons. The third kappa shape index (κ3) is 3.10. The molecule has 0 amide bonds. The first-order chi connectivity index (χ1) is 11.6. The van der Waals surface area contributed by atoms with E-state index in [1.807, 2.05) is 0 Å². The van der Waals surface area contributed by atoms with Gasteiger partial charge in [-0.3, -0.25) is 9.36 Å². The van der Waals surface area contributed by atoms with E-state index < -0.39 is 57.3 Å². The molecule has 1 aromatic heterocycles. The fourth-order valence-electron chi connectivity index (χ4n) is 1.95. The number of hydrogen-bond acceptors (Lipinski definition) is 3. The lowest BCUT2D eigenvalue weighted by Gasteiger charge is -2.33. The molecule has 0 bridgehead atoms. The maximum atomic E-state index is 13.5. The zero-order valence-corrected chi connectivity index (χ0v) is 12.6. The molecule has 26 heavy (non-hydrogen) atoms. The van der Waals surface area contributed by atoms with Gasteiger partial charge in [0.15, 0.2) is 5.17 Å². The molecule has 2 rings (SSSR count). The van der Waals surface area contributed by atoms with Crippen molar-refractivity contribution in [1.29, 1.82) is 0 Å². The van der Waals surface area contributed by atoms with E-state index in [0.717, 1.165) is 12.1 Å². The number of nitrogens with zero attached hydrogens (tertiary/aromatic N) is 2. The van der Waals surface area contributed by atoms with Crippen LogP contribution in [0.3, 0.4) is 0 Å². The van der Waals surface area contributed by atoms with Gasteiger partial charge >= 0.3 is 18.5 Å². The van der Waals surface area contributed by atoms with Crippen molar-refractivity contribution < 1.29 is 43.9 Å². The Bertz CT molecular complexity index is 816. The van der Waals surface area contributed by atoms with Crippen molar-refractivity contribution in [2.24, 2.45) is 4.99 Å². The molecule has 2 heterocycles. The van der Waals surface area contributed by atoms with E-state index in [0.29, 0.717) is 12.3 Å². The summed E-state index contributed by atoms with van der Waals surface area (Å²) in [5.74, 6) is -3.65. The summed E-state index contributed by atoms with van der Waals surface area (Å²) in [5, 5.41) is -1.40. The summed E-state index contributed by atoms with van der Waals surface area (Å²) < 4.78 is 125. The monoisotopic (exact) mass is 414 g/mol. The molecule has 3 nitrogen and oxygen atoms in total. The Morgan fingerprint density at radius 3 is 1.96 bits per heavy atom. The number of alkyl halides is 9. The van der Waals surface area contributed by atoms with Gasteiger partial charge in [-0.1, -0.05) is 17.8 Å². The molecular formula is C12H4F10N2OS. The maximum Gasteiger partial charge on any atom is 0.444 e. The van der Waals surface area contributed by atoms with Crippen LogP contribution in [-0.4, -0.2) is 33.0 Å². The third-order valence-electron chi connectivity index (χ3n) is 3.07. The zero-order chi connectivity index (χ0) is 20.1. The second-order valence-corrected chi connectivity index (χ2v) is 5.92. The summed E-state index contributed by atoms with van der Waals surface area (Å²) in [6.07, 6.45) is -18.3. The SMILES string of the molecule is O=c1ccccn1C1=N/C(=C(/F)C(F)(F)F)C(C(F)(F)F)(C(F)(F)F)S1. The summed E-state index contributed by atoms with van der Waals surface area (Å²) in [5.41, 5.74) is -4.09. The predicted octanol–water partition coefficient (Wildman–Crippen LogP) is 4.41. The molecule has 0 radical (unpaired) electrons. The van der Waals surface area contributed by atoms with Crippen molar-refractivity contribution in [2.75, 3.05) is 0 Å². The van der Waals surface area contributed by atoms with Gasteiger partial charge in [0.2, 0.25) is 5.83 Å². The summed E-state index contributed by atoms with van der Waals surface area (Å²) in [6, 6.07) is 2.80. The van der Waals surface area contributed by atoms with Crippen LogP contribution in [0.15, 0.2) is 45.7 Å². The average Bonchev–Trinajstić information content (AvgIpc) is 2.86. The highest BCUT2D eigenvalue weighted by Crippen LogP contribution is 2.61. The van der Waals surface area contributed by atoms with Crippen LogP contribution in [0.2, 0.25) is 0 Å². The Morgan fingerprint density at radius 1 is 1.00 bits per heavy atom. The largest absolute Gasteiger partial charge is 0.444 e. The molecule has 0 fully saturated rings. The van der Waals surface area contributed by atoms with E-state index in [1.54, 1.807) is 0 Å². The van der Waals surface area contributed by atoms with E-state index in [4.69, 9.17) is 0 Å². The quantitative estimate of drug-likeness (QED) is 0.590. The van der Waals surface area contributed by atoms with Crippen molar-refractivity contribution in [2.45, 2.75) is 23.3 Å². The van der Waals surface area contributed by atoms with Gasteiger partial charge in [-0.25, -0.2) is 4.99 Å². The van der Waals surface area contributed by atoms with Crippen LogP contribution in [0.5, 0.6) is 0 Å². The van der Waals surface area contributed by atoms with Crippen LogP contribution in [0, 0.1) is 0 Å². The molecule has 0 unspecified atom stereocenters. The average molecular weight is 414 g/mol. The van der Waals surface area contributed by atoms with Gasteiger partial charge in [-0.15, -0.1) is 0 Å². The smallest absolute Gasteiger partial charge is 0.269 e. The number of pyridine rings is 1. The highest BCUT2D eigenvalue weighted by molar-refractivity contribution is 8.15. The summed E-state index contributed by atoms with van der Waals surface area (Å²) in [4.78, 5) is 14.1. The molecule has 0 spiro atoms. The van der Waals surface area contributed by atoms with Crippen LogP contribution in [0.1, 0.15) is 0 Å². The molecule has 0 saturated heterocycles. The molecule has 0 saturated carbocycles. The van der Waals surface area contributed by atoms with E-state index >= 15 is 0 Å². The lowest BCUT2D eigenvalue weighted by molar-refractivity contribution is -0.253. The van der Waals surface area contributed by atoms with Gasteiger partial charge in [0.1, 0.15) is 5.70 Å². The first-order valence-electron chi connectivity index (χ1n) is 6.19. The number of hydrogen-bond donors (Lipinski definition) is 0. The fraction of sp³-hybridized carbons (Fsp3) is 0.333. The lowest BCUT2D eigenvalue weighted by Crippen LogP contribution is -2.55. The van der Waals surface area contributed by atoms with Crippen LogP contribution in [-0.2, 0) is 0 Å². The lowest BCUT2D eigenvalue weighted by atomic mass is 10.0. The molecule has 0 atom stereocenters. The highest BCUT2D eigenvalue weighted by Gasteiger charge is 2.78. The Morgan fingerprint density at radius 2 is 1.54 bits per heavy atom. The zero-order valence-electron chi connectivity index (χ0n) is 11.8. The van der Waals surface area contributed by atoms with Gasteiger partial charge in [0.25, 0.3) is 10.3 Å². The van der Waals surface area contributed by atoms with Crippen molar-refractivity contribution in [1.82, 2.24) is 4.57 Å². The highest BCUT2D eigenvalue weighted by atomic mass is 32.2. The number of aromatic nitrogens is 1. The summed E-state index contributed by atoms with van der Waals surface area (Å²) in [7, 11) is 0. The van der Waals surface area contributed by atoms with Crippen LogP contribution in [0.4, 0.5) is 43.9 Å². The third-order valence-corrected chi connectivity index (χ3v) is 4.50. The Labute approximate surface area is 141 Å². The number of allylic oxidation sites excluding steroid dienone is 1. The molecular weight excluding hydrogens is 410 g/mol. The first-order valence-corrected chi connectivity index (χ1v) is 7.01. The molecule has 14 heteroatoms. The first kappa shape index (κ1) is 20.3. The second kappa shape index (κ2) is 6.03. The number of rotatable bonds is 0. The maximum absolute atomic E-state index is 13.5. The second-order valence-electron chi connectivity index (χ2n) is 4.74. The topological polar surface area (TPSA) is 34.4 Å². The minimum Gasteiger partial charge on any atom is -0.269 e. The van der Waals surface area contributed by atoms with Gasteiger partial charge < -0.3 is 0 Å². The number of thioether (sulfide) groups is 1. The number of aliphatic imine (C=N–C) groups is 1.